The average Bonchev–Trinajstić information content (AvgIpc) is 2.09. The van der Waals surface area contributed by atoms with Gasteiger partial charge in [0.25, 0.3) is 0 Å². The van der Waals surface area contributed by atoms with Crippen LogP contribution in [-0.4, -0.2) is 23.2 Å². The molecule has 0 aliphatic rings. The molecule has 0 radical (unpaired) electrons. The van der Waals surface area contributed by atoms with Gasteiger partial charge < -0.3 is 10.4 Å². The van der Waals surface area contributed by atoms with Gasteiger partial charge in [-0.25, -0.2) is 0 Å². The number of nitrogens with zero attached hydrogens (tertiary/aromatic N) is 1. The van der Waals surface area contributed by atoms with E-state index in [4.69, 9.17) is 16.7 Å². The maximum absolute atomic E-state index is 8.51. The quantitative estimate of drug-likeness (QED) is 0.685. The van der Waals surface area contributed by atoms with E-state index < -0.39 is 0 Å². The predicted octanol–water partition coefficient (Wildman–Crippen LogP) is 0.817. The van der Waals surface area contributed by atoms with Crippen LogP contribution in [0.25, 0.3) is 0 Å². The molecule has 1 aromatic rings. The van der Waals surface area contributed by atoms with Crippen LogP contribution in [0.15, 0.2) is 18.5 Å². The molecule has 0 saturated carbocycles. The second kappa shape index (κ2) is 5.09. The molecular formula is C8H11ClN2O. The largest absolute Gasteiger partial charge is 0.395 e. The molecule has 3 nitrogen and oxygen atoms in total. The lowest BCUT2D eigenvalue weighted by Gasteiger charge is -2.03. The van der Waals surface area contributed by atoms with Gasteiger partial charge in [0.2, 0.25) is 0 Å². The standard InChI is InChI=1S/C8H11ClN2O/c9-8-6-10-2-1-7(8)5-11-3-4-12/h1-2,6,11-12H,3-5H2. The maximum atomic E-state index is 8.51. The third-order valence-electron chi connectivity index (χ3n) is 1.46. The van der Waals surface area contributed by atoms with E-state index in [0.717, 1.165) is 5.56 Å². The van der Waals surface area contributed by atoms with E-state index in [1.165, 1.54) is 0 Å². The lowest BCUT2D eigenvalue weighted by atomic mass is 10.3. The molecule has 4 heteroatoms. The average molecular weight is 187 g/mol. The second-order valence-electron chi connectivity index (χ2n) is 2.37. The first kappa shape index (κ1) is 9.45. The molecule has 1 aromatic heterocycles. The molecular weight excluding hydrogens is 176 g/mol. The lowest BCUT2D eigenvalue weighted by molar-refractivity contribution is 0.292. The van der Waals surface area contributed by atoms with Crippen molar-refractivity contribution in [2.24, 2.45) is 0 Å². The topological polar surface area (TPSA) is 45.1 Å². The summed E-state index contributed by atoms with van der Waals surface area (Å²) in [5, 5.41) is 12.2. The summed E-state index contributed by atoms with van der Waals surface area (Å²) in [5.74, 6) is 0. The molecule has 0 amide bonds. The highest BCUT2D eigenvalue weighted by Gasteiger charge is 1.97. The highest BCUT2D eigenvalue weighted by atomic mass is 35.5. The van der Waals surface area contributed by atoms with Crippen LogP contribution in [0.3, 0.4) is 0 Å². The van der Waals surface area contributed by atoms with Crippen molar-refractivity contribution in [3.63, 3.8) is 0 Å². The summed E-state index contributed by atoms with van der Waals surface area (Å²) in [6, 6.07) is 1.85. The van der Waals surface area contributed by atoms with Crippen LogP contribution in [0.5, 0.6) is 0 Å². The fourth-order valence-corrected chi connectivity index (χ4v) is 1.04. The second-order valence-corrected chi connectivity index (χ2v) is 2.77. The Morgan fingerprint density at radius 3 is 3.08 bits per heavy atom. The molecule has 0 atom stereocenters. The van der Waals surface area contributed by atoms with Gasteiger partial charge in [-0.3, -0.25) is 4.98 Å². The molecule has 0 saturated heterocycles. The zero-order chi connectivity index (χ0) is 8.81. The Kier molecular flexibility index (Phi) is 4.00. The first-order valence-corrected chi connectivity index (χ1v) is 4.12. The molecule has 0 aliphatic carbocycles. The zero-order valence-electron chi connectivity index (χ0n) is 6.63. The van der Waals surface area contributed by atoms with E-state index in [-0.39, 0.29) is 6.61 Å². The van der Waals surface area contributed by atoms with Crippen LogP contribution in [0.1, 0.15) is 5.56 Å². The number of halogens is 1. The molecule has 12 heavy (non-hydrogen) atoms. The van der Waals surface area contributed by atoms with Crippen molar-refractivity contribution in [1.82, 2.24) is 10.3 Å². The third-order valence-corrected chi connectivity index (χ3v) is 1.80. The molecule has 0 bridgehead atoms. The van der Waals surface area contributed by atoms with E-state index in [9.17, 15) is 0 Å². The summed E-state index contributed by atoms with van der Waals surface area (Å²) in [6.07, 6.45) is 3.30. The van der Waals surface area contributed by atoms with Crippen molar-refractivity contribution >= 4 is 11.6 Å². The van der Waals surface area contributed by atoms with Crippen LogP contribution in [0, 0.1) is 0 Å². The normalized spacial score (nSPS) is 10.2. The van der Waals surface area contributed by atoms with Crippen molar-refractivity contribution in [1.29, 1.82) is 0 Å². The molecule has 0 spiro atoms. The minimum atomic E-state index is 0.142. The number of pyridine rings is 1. The molecule has 1 heterocycles. The number of aromatic nitrogens is 1. The van der Waals surface area contributed by atoms with Gasteiger partial charge in [-0.05, 0) is 11.6 Å². The molecule has 0 unspecified atom stereocenters. The smallest absolute Gasteiger partial charge is 0.0634 e. The summed E-state index contributed by atoms with van der Waals surface area (Å²) >= 11 is 5.84. The fourth-order valence-electron chi connectivity index (χ4n) is 0.849. The molecule has 2 N–H and O–H groups in total. The van der Waals surface area contributed by atoms with Crippen molar-refractivity contribution in [3.05, 3.63) is 29.0 Å². The van der Waals surface area contributed by atoms with Gasteiger partial charge in [-0.1, -0.05) is 11.6 Å². The van der Waals surface area contributed by atoms with Gasteiger partial charge in [0.1, 0.15) is 0 Å². The predicted molar refractivity (Wildman–Crippen MR) is 48.0 cm³/mol. The van der Waals surface area contributed by atoms with E-state index in [2.05, 4.69) is 10.3 Å². The highest BCUT2D eigenvalue weighted by Crippen LogP contribution is 2.12. The number of hydrogen-bond acceptors (Lipinski definition) is 3. The lowest BCUT2D eigenvalue weighted by Crippen LogP contribution is -2.17. The first-order chi connectivity index (χ1) is 5.84. The highest BCUT2D eigenvalue weighted by molar-refractivity contribution is 6.31. The summed E-state index contributed by atoms with van der Waals surface area (Å²) in [7, 11) is 0. The number of hydrogen-bond donors (Lipinski definition) is 2. The van der Waals surface area contributed by atoms with Gasteiger partial charge in [-0.15, -0.1) is 0 Å². The summed E-state index contributed by atoms with van der Waals surface area (Å²) in [6.45, 7) is 1.39. The Morgan fingerprint density at radius 1 is 1.58 bits per heavy atom. The monoisotopic (exact) mass is 186 g/mol. The van der Waals surface area contributed by atoms with Crippen molar-refractivity contribution in [3.8, 4) is 0 Å². The maximum Gasteiger partial charge on any atom is 0.0634 e. The fraction of sp³-hybridized carbons (Fsp3) is 0.375. The number of nitrogens with one attached hydrogen (secondary N) is 1. The van der Waals surface area contributed by atoms with Crippen LogP contribution < -0.4 is 5.32 Å². The van der Waals surface area contributed by atoms with Gasteiger partial charge in [0, 0.05) is 25.5 Å². The summed E-state index contributed by atoms with van der Waals surface area (Å²) in [4.78, 5) is 3.86. The van der Waals surface area contributed by atoms with Crippen molar-refractivity contribution in [2.45, 2.75) is 6.54 Å². The van der Waals surface area contributed by atoms with E-state index in [1.807, 2.05) is 6.07 Å². The molecule has 0 aromatic carbocycles. The van der Waals surface area contributed by atoms with Gasteiger partial charge in [-0.2, -0.15) is 0 Å². The SMILES string of the molecule is OCCNCc1ccncc1Cl. The summed E-state index contributed by atoms with van der Waals surface area (Å²) in [5.41, 5.74) is 1.00. The Morgan fingerprint density at radius 2 is 2.42 bits per heavy atom. The van der Waals surface area contributed by atoms with Crippen molar-refractivity contribution in [2.75, 3.05) is 13.2 Å². The molecule has 1 rings (SSSR count). The first-order valence-electron chi connectivity index (χ1n) is 3.74. The van der Waals surface area contributed by atoms with Crippen molar-refractivity contribution < 1.29 is 5.11 Å². The molecule has 0 fully saturated rings. The van der Waals surface area contributed by atoms with E-state index >= 15 is 0 Å². The molecule has 0 aliphatic heterocycles. The van der Waals surface area contributed by atoms with E-state index in [1.54, 1.807) is 12.4 Å². The van der Waals surface area contributed by atoms with Gasteiger partial charge in [0.05, 0.1) is 11.6 Å². The van der Waals surface area contributed by atoms with Gasteiger partial charge in [0.15, 0.2) is 0 Å². The number of aliphatic hydroxyl groups excluding tert-OH is 1. The van der Waals surface area contributed by atoms with Crippen LogP contribution >= 0.6 is 11.6 Å². The Bertz CT molecular complexity index is 242. The third kappa shape index (κ3) is 2.77. The van der Waals surface area contributed by atoms with Crippen LogP contribution in [-0.2, 0) is 6.54 Å². The number of rotatable bonds is 4. The summed E-state index contributed by atoms with van der Waals surface area (Å²) < 4.78 is 0. The minimum absolute atomic E-state index is 0.142. The van der Waals surface area contributed by atoms with Gasteiger partial charge >= 0.3 is 0 Å². The Balaban J connectivity index is 2.46. The Labute approximate surface area is 76.4 Å². The minimum Gasteiger partial charge on any atom is -0.395 e. The molecule has 66 valence electrons. The van der Waals surface area contributed by atoms with Crippen LogP contribution in [0.2, 0.25) is 5.02 Å². The zero-order valence-corrected chi connectivity index (χ0v) is 7.38. The number of aliphatic hydroxyl groups is 1. The Hall–Kier alpha value is -0.640. The van der Waals surface area contributed by atoms with E-state index in [0.29, 0.717) is 18.1 Å². The van der Waals surface area contributed by atoms with Crippen LogP contribution in [0.4, 0.5) is 0 Å².